The van der Waals surface area contributed by atoms with Crippen LogP contribution in [0.4, 0.5) is 0 Å². The number of carbonyl (C=O) groups is 1. The van der Waals surface area contributed by atoms with Crippen LogP contribution in [0.2, 0.25) is 10.0 Å². The molecule has 1 saturated carbocycles. The van der Waals surface area contributed by atoms with E-state index in [0.29, 0.717) is 22.5 Å². The van der Waals surface area contributed by atoms with Gasteiger partial charge >= 0.3 is 0 Å². The number of rotatable bonds is 4. The van der Waals surface area contributed by atoms with Crippen molar-refractivity contribution in [3.63, 3.8) is 0 Å². The number of carbonyl (C=O) groups excluding carboxylic acids is 1. The van der Waals surface area contributed by atoms with Gasteiger partial charge in [-0.3, -0.25) is 4.79 Å². The maximum absolute atomic E-state index is 11.7. The van der Waals surface area contributed by atoms with Crippen molar-refractivity contribution in [1.82, 2.24) is 10.3 Å². The van der Waals surface area contributed by atoms with Crippen molar-refractivity contribution >= 4 is 40.4 Å². The van der Waals surface area contributed by atoms with E-state index < -0.39 is 0 Å². The molecule has 1 aliphatic carbocycles. The normalized spacial score (nSPS) is 14.3. The summed E-state index contributed by atoms with van der Waals surface area (Å²) in [7, 11) is 0. The van der Waals surface area contributed by atoms with Crippen molar-refractivity contribution in [2.75, 3.05) is 0 Å². The molecule has 6 heteroatoms. The predicted molar refractivity (Wildman–Crippen MR) is 82.4 cm³/mol. The van der Waals surface area contributed by atoms with E-state index >= 15 is 0 Å². The van der Waals surface area contributed by atoms with Crippen molar-refractivity contribution in [2.45, 2.75) is 25.3 Å². The lowest BCUT2D eigenvalue weighted by Gasteiger charge is -2.03. The maximum atomic E-state index is 11.7. The summed E-state index contributed by atoms with van der Waals surface area (Å²) in [5.74, 6) is 0.0228. The summed E-state index contributed by atoms with van der Waals surface area (Å²) in [5.41, 5.74) is 1.48. The first-order chi connectivity index (χ1) is 9.63. The number of nitrogens with zero attached hydrogens (tertiary/aromatic N) is 1. The Morgan fingerprint density at radius 2 is 2.05 bits per heavy atom. The van der Waals surface area contributed by atoms with Gasteiger partial charge in [0.25, 0.3) is 0 Å². The highest BCUT2D eigenvalue weighted by molar-refractivity contribution is 7.13. The van der Waals surface area contributed by atoms with E-state index in [1.807, 2.05) is 5.38 Å². The summed E-state index contributed by atoms with van der Waals surface area (Å²) in [4.78, 5) is 16.2. The van der Waals surface area contributed by atoms with Crippen LogP contribution >= 0.6 is 34.5 Å². The molecule has 0 aliphatic heterocycles. The highest BCUT2D eigenvalue weighted by atomic mass is 35.5. The summed E-state index contributed by atoms with van der Waals surface area (Å²) < 4.78 is 0. The van der Waals surface area contributed by atoms with Gasteiger partial charge in [-0.15, -0.1) is 11.3 Å². The minimum Gasteiger partial charge on any atom is -0.353 e. The fourth-order valence-corrected chi connectivity index (χ4v) is 3.46. The number of amides is 1. The number of hydrogen-bond donors (Lipinski definition) is 1. The molecule has 20 heavy (non-hydrogen) atoms. The number of thiazole rings is 1. The number of aromatic nitrogens is 1. The lowest BCUT2D eigenvalue weighted by molar-refractivity contribution is -0.120. The topological polar surface area (TPSA) is 42.0 Å². The predicted octanol–water partition coefficient (Wildman–Crippen LogP) is 3.94. The van der Waals surface area contributed by atoms with E-state index in [-0.39, 0.29) is 5.91 Å². The van der Waals surface area contributed by atoms with Crippen LogP contribution in [0.15, 0.2) is 23.6 Å². The Morgan fingerprint density at radius 3 is 2.70 bits per heavy atom. The van der Waals surface area contributed by atoms with Crippen LogP contribution in [0.5, 0.6) is 0 Å². The molecule has 3 rings (SSSR count). The van der Waals surface area contributed by atoms with Gasteiger partial charge in [-0.2, -0.15) is 0 Å². The molecule has 1 amide bonds. The minimum absolute atomic E-state index is 0.0228. The van der Waals surface area contributed by atoms with Gasteiger partial charge in [0.2, 0.25) is 5.91 Å². The average molecular weight is 327 g/mol. The van der Waals surface area contributed by atoms with Gasteiger partial charge in [0, 0.05) is 17.0 Å². The van der Waals surface area contributed by atoms with Crippen LogP contribution in [0, 0.1) is 0 Å². The Morgan fingerprint density at radius 1 is 1.35 bits per heavy atom. The van der Waals surface area contributed by atoms with Crippen molar-refractivity contribution in [3.05, 3.63) is 39.3 Å². The third-order valence-electron chi connectivity index (χ3n) is 3.01. The van der Waals surface area contributed by atoms with Crippen LogP contribution in [-0.2, 0) is 11.2 Å². The zero-order chi connectivity index (χ0) is 14.1. The van der Waals surface area contributed by atoms with Gasteiger partial charge in [0.1, 0.15) is 5.01 Å². The van der Waals surface area contributed by atoms with Gasteiger partial charge in [-0.1, -0.05) is 29.3 Å². The summed E-state index contributed by atoms with van der Waals surface area (Å²) in [6.45, 7) is 0. The Labute approximate surface area is 130 Å². The molecular formula is C14H12Cl2N2OS. The van der Waals surface area contributed by atoms with Gasteiger partial charge < -0.3 is 5.32 Å². The molecule has 1 aromatic carbocycles. The third-order valence-corrected chi connectivity index (χ3v) is 4.55. The molecule has 0 saturated heterocycles. The Kier molecular flexibility index (Phi) is 3.96. The summed E-state index contributed by atoms with van der Waals surface area (Å²) in [6, 6.07) is 5.73. The average Bonchev–Trinajstić information content (AvgIpc) is 3.08. The van der Waals surface area contributed by atoms with E-state index in [9.17, 15) is 4.79 Å². The molecule has 1 aliphatic rings. The first-order valence-corrected chi connectivity index (χ1v) is 7.95. The van der Waals surface area contributed by atoms with Crippen LogP contribution < -0.4 is 5.32 Å². The molecule has 104 valence electrons. The van der Waals surface area contributed by atoms with Gasteiger partial charge in [-0.25, -0.2) is 4.98 Å². The molecular weight excluding hydrogens is 315 g/mol. The Bertz CT molecular complexity index is 632. The molecule has 0 bridgehead atoms. The molecule has 0 radical (unpaired) electrons. The summed E-state index contributed by atoms with van der Waals surface area (Å²) in [6.07, 6.45) is 2.47. The molecule has 1 heterocycles. The zero-order valence-electron chi connectivity index (χ0n) is 10.5. The molecule has 1 N–H and O–H groups in total. The van der Waals surface area contributed by atoms with Crippen LogP contribution in [0.3, 0.4) is 0 Å². The first-order valence-electron chi connectivity index (χ1n) is 6.31. The standard InChI is InChI=1S/C14H12Cl2N2OS/c15-10-2-1-3-11(16)13(10)14-18-9(7-20-14)6-12(19)17-8-4-5-8/h1-3,7-8H,4-6H2,(H,17,19). The fraction of sp³-hybridized carbons (Fsp3) is 0.286. The van der Waals surface area contributed by atoms with Crippen molar-refractivity contribution in [2.24, 2.45) is 0 Å². The van der Waals surface area contributed by atoms with Gasteiger partial charge in [0.15, 0.2) is 0 Å². The molecule has 0 unspecified atom stereocenters. The van der Waals surface area contributed by atoms with E-state index in [1.165, 1.54) is 11.3 Å². The lowest BCUT2D eigenvalue weighted by atomic mass is 10.2. The maximum Gasteiger partial charge on any atom is 0.226 e. The summed E-state index contributed by atoms with van der Waals surface area (Å²) in [5, 5.41) is 6.71. The van der Waals surface area contributed by atoms with Crippen molar-refractivity contribution in [3.8, 4) is 10.6 Å². The smallest absolute Gasteiger partial charge is 0.226 e. The van der Waals surface area contributed by atoms with Crippen molar-refractivity contribution in [1.29, 1.82) is 0 Å². The van der Waals surface area contributed by atoms with Crippen LogP contribution in [0.25, 0.3) is 10.6 Å². The van der Waals surface area contributed by atoms with E-state index in [1.54, 1.807) is 18.2 Å². The van der Waals surface area contributed by atoms with Crippen LogP contribution in [0.1, 0.15) is 18.5 Å². The third kappa shape index (κ3) is 3.14. The van der Waals surface area contributed by atoms with Crippen molar-refractivity contribution < 1.29 is 4.79 Å². The second-order valence-corrected chi connectivity index (χ2v) is 6.43. The van der Waals surface area contributed by atoms with E-state index in [4.69, 9.17) is 23.2 Å². The Balaban J connectivity index is 1.77. The first kappa shape index (κ1) is 13.9. The van der Waals surface area contributed by atoms with Gasteiger partial charge in [0.05, 0.1) is 22.2 Å². The second-order valence-electron chi connectivity index (χ2n) is 4.76. The largest absolute Gasteiger partial charge is 0.353 e. The molecule has 0 atom stereocenters. The number of halogens is 2. The zero-order valence-corrected chi connectivity index (χ0v) is 12.9. The Hall–Kier alpha value is -1.10. The van der Waals surface area contributed by atoms with E-state index in [2.05, 4.69) is 10.3 Å². The highest BCUT2D eigenvalue weighted by Gasteiger charge is 2.23. The SMILES string of the molecule is O=C(Cc1csc(-c2c(Cl)cccc2Cl)n1)NC1CC1. The molecule has 1 fully saturated rings. The second kappa shape index (κ2) is 5.72. The fourth-order valence-electron chi connectivity index (χ4n) is 1.88. The highest BCUT2D eigenvalue weighted by Crippen LogP contribution is 2.36. The monoisotopic (exact) mass is 326 g/mol. The molecule has 0 spiro atoms. The number of hydrogen-bond acceptors (Lipinski definition) is 3. The minimum atomic E-state index is 0.0228. The van der Waals surface area contributed by atoms with E-state index in [0.717, 1.165) is 29.1 Å². The van der Waals surface area contributed by atoms with Crippen LogP contribution in [-0.4, -0.2) is 16.9 Å². The molecule has 1 aromatic heterocycles. The van der Waals surface area contributed by atoms with Gasteiger partial charge in [-0.05, 0) is 25.0 Å². The lowest BCUT2D eigenvalue weighted by Crippen LogP contribution is -2.27. The number of benzene rings is 1. The summed E-state index contributed by atoms with van der Waals surface area (Å²) >= 11 is 13.8. The molecule has 2 aromatic rings. The quantitative estimate of drug-likeness (QED) is 0.924. The number of nitrogens with one attached hydrogen (secondary N) is 1. The molecule has 3 nitrogen and oxygen atoms in total.